The van der Waals surface area contributed by atoms with Gasteiger partial charge in [0.2, 0.25) is 0 Å². The number of nitrogens with one attached hydrogen (secondary N) is 2. The van der Waals surface area contributed by atoms with E-state index < -0.39 is 29.8 Å². The van der Waals surface area contributed by atoms with Crippen LogP contribution in [0.4, 0.5) is 15.3 Å². The van der Waals surface area contributed by atoms with Crippen LogP contribution in [0.5, 0.6) is 5.75 Å². The minimum absolute atomic E-state index is 0.0471. The third-order valence-corrected chi connectivity index (χ3v) is 5.79. The Morgan fingerprint density at radius 1 is 1.17 bits per heavy atom. The van der Waals surface area contributed by atoms with Crippen LogP contribution in [0.2, 0.25) is 10.0 Å². The monoisotopic (exact) mass is 521 g/mol. The Balaban J connectivity index is 1.94. The highest BCUT2D eigenvalue weighted by molar-refractivity contribution is 6.32. The lowest BCUT2D eigenvalue weighted by molar-refractivity contribution is -0.126. The van der Waals surface area contributed by atoms with E-state index in [1.807, 2.05) is 13.8 Å². The lowest BCUT2D eigenvalue weighted by Gasteiger charge is -2.45. The molecular weight excluding hydrogens is 497 g/mol. The summed E-state index contributed by atoms with van der Waals surface area (Å²) in [4.78, 5) is 51.4. The zero-order valence-corrected chi connectivity index (χ0v) is 21.1. The van der Waals surface area contributed by atoms with Gasteiger partial charge in [0.25, 0.3) is 0 Å². The van der Waals surface area contributed by atoms with E-state index in [1.54, 1.807) is 42.5 Å². The normalized spacial score (nSPS) is 16.3. The van der Waals surface area contributed by atoms with Crippen LogP contribution >= 0.6 is 23.2 Å². The fourth-order valence-electron chi connectivity index (χ4n) is 3.44. The maximum atomic E-state index is 13.5. The van der Waals surface area contributed by atoms with Crippen LogP contribution in [-0.2, 0) is 11.3 Å². The number of imide groups is 1. The molecule has 0 aromatic heterocycles. The highest BCUT2D eigenvalue weighted by Gasteiger charge is 2.49. The van der Waals surface area contributed by atoms with E-state index in [4.69, 9.17) is 27.9 Å². The number of urea groups is 2. The smallest absolute Gasteiger partial charge is 0.332 e. The quantitative estimate of drug-likeness (QED) is 0.460. The predicted molar refractivity (Wildman–Crippen MR) is 132 cm³/mol. The van der Waals surface area contributed by atoms with Crippen molar-refractivity contribution in [2.45, 2.75) is 52.2 Å². The Kier molecular flexibility index (Phi) is 7.86. The number of amides is 5. The Hall–Kier alpha value is -3.37. The molecule has 1 saturated heterocycles. The number of benzene rings is 2. The lowest BCUT2D eigenvalue weighted by atomic mass is 10.0. The van der Waals surface area contributed by atoms with Crippen LogP contribution in [0, 0.1) is 4.91 Å². The Morgan fingerprint density at radius 2 is 1.83 bits per heavy atom. The summed E-state index contributed by atoms with van der Waals surface area (Å²) in [5.41, 5.74) is -0.587. The van der Waals surface area contributed by atoms with E-state index in [1.165, 1.54) is 18.7 Å². The molecule has 2 N–H and O–H groups in total. The van der Waals surface area contributed by atoms with Gasteiger partial charge < -0.3 is 10.1 Å². The summed E-state index contributed by atoms with van der Waals surface area (Å²) in [6.07, 6.45) is -1.08. The van der Waals surface area contributed by atoms with Crippen molar-refractivity contribution in [1.29, 1.82) is 0 Å². The molecule has 1 aliphatic rings. The second kappa shape index (κ2) is 10.5. The van der Waals surface area contributed by atoms with E-state index in [2.05, 4.69) is 15.8 Å². The maximum Gasteiger partial charge on any atom is 0.332 e. The number of nitroso groups, excluding NO2 is 1. The van der Waals surface area contributed by atoms with Gasteiger partial charge in [-0.3, -0.25) is 15.0 Å². The molecule has 2 aromatic carbocycles. The summed E-state index contributed by atoms with van der Waals surface area (Å²) >= 11 is 12.3. The van der Waals surface area contributed by atoms with Gasteiger partial charge in [-0.2, -0.15) is 0 Å². The molecule has 1 atom stereocenters. The molecule has 5 amide bonds. The molecule has 1 aliphatic heterocycles. The Bertz CT molecular complexity index is 1140. The van der Waals surface area contributed by atoms with Crippen molar-refractivity contribution < 1.29 is 19.1 Å². The van der Waals surface area contributed by atoms with Gasteiger partial charge in [0, 0.05) is 15.9 Å². The zero-order valence-electron chi connectivity index (χ0n) is 19.5. The summed E-state index contributed by atoms with van der Waals surface area (Å²) in [6.45, 7) is 6.34. The first-order valence-corrected chi connectivity index (χ1v) is 11.5. The molecule has 2 aromatic rings. The number of nitrogens with zero attached hydrogens (tertiary/aromatic N) is 3. The van der Waals surface area contributed by atoms with E-state index >= 15 is 0 Å². The molecule has 35 heavy (non-hydrogen) atoms. The molecule has 186 valence electrons. The summed E-state index contributed by atoms with van der Waals surface area (Å²) < 4.78 is 5.64. The van der Waals surface area contributed by atoms with E-state index in [9.17, 15) is 19.3 Å². The Labute approximate surface area is 212 Å². The first-order chi connectivity index (χ1) is 16.4. The molecule has 0 radical (unpaired) electrons. The van der Waals surface area contributed by atoms with Crippen molar-refractivity contribution in [3.05, 3.63) is 63.0 Å². The van der Waals surface area contributed by atoms with Crippen LogP contribution in [-0.4, -0.2) is 45.7 Å². The fraction of sp³-hybridized carbons (Fsp3) is 0.348. The SMILES string of the molecule is CC(C)Oc1ccc(NC2NC(=O)N(C(C)(C)C(=O)N=O)C(=O)N2Cc2ccc(Cl)cc2)cc1Cl. The van der Waals surface area contributed by atoms with Crippen molar-refractivity contribution in [3.8, 4) is 5.75 Å². The second-order valence-corrected chi connectivity index (χ2v) is 9.48. The third kappa shape index (κ3) is 5.83. The van der Waals surface area contributed by atoms with Gasteiger partial charge >= 0.3 is 18.0 Å². The highest BCUT2D eigenvalue weighted by atomic mass is 35.5. The zero-order chi connectivity index (χ0) is 25.9. The summed E-state index contributed by atoms with van der Waals surface area (Å²) in [6, 6.07) is 10.1. The number of carbonyl (C=O) groups excluding carboxylic acids is 3. The van der Waals surface area contributed by atoms with Gasteiger partial charge in [-0.05, 0) is 63.6 Å². The minimum Gasteiger partial charge on any atom is -0.489 e. The molecule has 0 bridgehead atoms. The summed E-state index contributed by atoms with van der Waals surface area (Å²) in [7, 11) is 0. The highest BCUT2D eigenvalue weighted by Crippen LogP contribution is 2.30. The van der Waals surface area contributed by atoms with Crippen molar-refractivity contribution in [1.82, 2.24) is 15.1 Å². The van der Waals surface area contributed by atoms with E-state index in [-0.39, 0.29) is 12.6 Å². The number of rotatable bonds is 8. The first-order valence-electron chi connectivity index (χ1n) is 10.7. The van der Waals surface area contributed by atoms with Crippen molar-refractivity contribution in [3.63, 3.8) is 0 Å². The van der Waals surface area contributed by atoms with Crippen molar-refractivity contribution in [2.75, 3.05) is 5.32 Å². The fourth-order valence-corrected chi connectivity index (χ4v) is 3.79. The van der Waals surface area contributed by atoms with E-state index in [0.29, 0.717) is 31.9 Å². The van der Waals surface area contributed by atoms with Gasteiger partial charge in [0.15, 0.2) is 6.29 Å². The molecule has 0 saturated carbocycles. The first kappa shape index (κ1) is 26.2. The van der Waals surface area contributed by atoms with Gasteiger partial charge in [-0.15, -0.1) is 4.91 Å². The van der Waals surface area contributed by atoms with Gasteiger partial charge in [0.1, 0.15) is 11.3 Å². The van der Waals surface area contributed by atoms with Crippen LogP contribution < -0.4 is 15.4 Å². The van der Waals surface area contributed by atoms with Crippen LogP contribution in [0.1, 0.15) is 33.3 Å². The molecule has 10 nitrogen and oxygen atoms in total. The van der Waals surface area contributed by atoms with Crippen LogP contribution in [0.3, 0.4) is 0 Å². The summed E-state index contributed by atoms with van der Waals surface area (Å²) in [5, 5.41) is 9.00. The molecule has 0 spiro atoms. The molecule has 1 heterocycles. The number of hydrogen-bond donors (Lipinski definition) is 2. The van der Waals surface area contributed by atoms with Gasteiger partial charge in [0.05, 0.1) is 17.7 Å². The predicted octanol–water partition coefficient (Wildman–Crippen LogP) is 5.20. The van der Waals surface area contributed by atoms with Crippen LogP contribution in [0.25, 0.3) is 0 Å². The van der Waals surface area contributed by atoms with Crippen LogP contribution in [0.15, 0.2) is 47.6 Å². The second-order valence-electron chi connectivity index (χ2n) is 8.64. The summed E-state index contributed by atoms with van der Waals surface area (Å²) in [5.74, 6) is -0.673. The van der Waals surface area contributed by atoms with Crippen molar-refractivity contribution >= 4 is 46.9 Å². The standard InChI is InChI=1S/C23H25Cl2N5O5/c1-13(2)35-18-10-9-16(11-17(18)25)26-20-27-21(32)30(23(3,4)19(31)28-34)22(33)29(20)12-14-5-7-15(24)8-6-14/h5-11,13,20,26H,12H2,1-4H3,(H,27,32). The molecule has 1 fully saturated rings. The number of halogens is 2. The largest absolute Gasteiger partial charge is 0.489 e. The number of anilines is 1. The average Bonchev–Trinajstić information content (AvgIpc) is 2.78. The third-order valence-electron chi connectivity index (χ3n) is 5.24. The van der Waals surface area contributed by atoms with Crippen molar-refractivity contribution in [2.24, 2.45) is 5.18 Å². The average molecular weight is 522 g/mol. The molecular formula is C23H25Cl2N5O5. The number of ether oxygens (including phenoxy) is 1. The number of carbonyl (C=O) groups is 3. The van der Waals surface area contributed by atoms with Gasteiger partial charge in [-0.25, -0.2) is 14.5 Å². The lowest BCUT2D eigenvalue weighted by Crippen LogP contribution is -2.71. The van der Waals surface area contributed by atoms with Gasteiger partial charge in [-0.1, -0.05) is 35.3 Å². The minimum atomic E-state index is -1.80. The molecule has 1 unspecified atom stereocenters. The Morgan fingerprint density at radius 3 is 2.40 bits per heavy atom. The maximum absolute atomic E-state index is 13.5. The molecule has 3 rings (SSSR count). The molecule has 12 heteroatoms. The van der Waals surface area contributed by atoms with E-state index in [0.717, 1.165) is 0 Å². The topological polar surface area (TPSA) is 120 Å². The molecule has 0 aliphatic carbocycles. The number of hydrogen-bond acceptors (Lipinski definition) is 6.